The van der Waals surface area contributed by atoms with Crippen LogP contribution in [0.5, 0.6) is 0 Å². The van der Waals surface area contributed by atoms with Crippen LogP contribution >= 0.6 is 15.9 Å². The van der Waals surface area contributed by atoms with Crippen molar-refractivity contribution in [2.24, 2.45) is 0 Å². The molecule has 88 valence electrons. The van der Waals surface area contributed by atoms with Crippen molar-refractivity contribution < 1.29 is 9.63 Å². The van der Waals surface area contributed by atoms with Gasteiger partial charge in [-0.15, -0.1) is 0 Å². The fourth-order valence-electron chi connectivity index (χ4n) is 1.67. The van der Waals surface area contributed by atoms with Gasteiger partial charge < -0.3 is 0 Å². The molecule has 0 atom stereocenters. The van der Waals surface area contributed by atoms with Crippen LogP contribution in [0, 0.1) is 0 Å². The van der Waals surface area contributed by atoms with Crippen LogP contribution in [-0.4, -0.2) is 13.0 Å². The van der Waals surface area contributed by atoms with Crippen LogP contribution in [0.1, 0.15) is 15.9 Å². The molecule has 0 aliphatic rings. The number of hydrogen-bond acceptors (Lipinski definition) is 2. The molecule has 0 spiro atoms. The van der Waals surface area contributed by atoms with E-state index in [0.717, 1.165) is 16.1 Å². The van der Waals surface area contributed by atoms with Crippen molar-refractivity contribution in [3.63, 3.8) is 0 Å². The molecule has 0 aliphatic heterocycles. The third kappa shape index (κ3) is 2.65. The Morgan fingerprint density at radius 3 is 2.65 bits per heavy atom. The van der Waals surface area contributed by atoms with Gasteiger partial charge in [0.25, 0.3) is 5.91 Å². The lowest BCUT2D eigenvalue weighted by Crippen LogP contribution is -2.21. The molecule has 0 fully saturated rings. The van der Waals surface area contributed by atoms with E-state index in [-0.39, 0.29) is 5.91 Å². The van der Waals surface area contributed by atoms with Crippen LogP contribution in [0.4, 0.5) is 0 Å². The van der Waals surface area contributed by atoms with Crippen molar-refractivity contribution >= 4 is 32.6 Å². The first kappa shape index (κ1) is 12.1. The average molecular weight is 294 g/mol. The van der Waals surface area contributed by atoms with Gasteiger partial charge in [0, 0.05) is 10.9 Å². The van der Waals surface area contributed by atoms with E-state index in [1.54, 1.807) is 6.07 Å². The van der Waals surface area contributed by atoms with E-state index >= 15 is 0 Å². The summed E-state index contributed by atoms with van der Waals surface area (Å²) in [5, 5.41) is 2.99. The molecule has 0 saturated heterocycles. The van der Waals surface area contributed by atoms with E-state index in [1.807, 2.05) is 24.3 Å². The Bertz CT molecular complexity index is 554. The molecule has 17 heavy (non-hydrogen) atoms. The van der Waals surface area contributed by atoms with Gasteiger partial charge in [-0.1, -0.05) is 40.2 Å². The number of fused-ring (bicyclic) bond motifs is 1. The summed E-state index contributed by atoms with van der Waals surface area (Å²) < 4.78 is 0. The van der Waals surface area contributed by atoms with Crippen LogP contribution in [0.3, 0.4) is 0 Å². The van der Waals surface area contributed by atoms with E-state index in [1.165, 1.54) is 12.7 Å². The number of nitrogens with one attached hydrogen (secondary N) is 1. The zero-order valence-electron chi connectivity index (χ0n) is 9.37. The van der Waals surface area contributed by atoms with Gasteiger partial charge in [0.2, 0.25) is 0 Å². The molecule has 1 amide bonds. The van der Waals surface area contributed by atoms with Gasteiger partial charge in [0.05, 0.1) is 7.11 Å². The summed E-state index contributed by atoms with van der Waals surface area (Å²) in [6.45, 7) is 0. The summed E-state index contributed by atoms with van der Waals surface area (Å²) in [4.78, 5) is 16.2. The summed E-state index contributed by atoms with van der Waals surface area (Å²) in [5.74, 6) is -0.237. The summed E-state index contributed by atoms with van der Waals surface area (Å²) in [5.41, 5.74) is 4.11. The molecule has 2 aromatic rings. The number of carbonyl (C=O) groups is 1. The number of hydrogen-bond donors (Lipinski definition) is 1. The number of carbonyl (C=O) groups excluding carboxylic acids is 1. The highest BCUT2D eigenvalue weighted by atomic mass is 79.9. The highest BCUT2D eigenvalue weighted by Gasteiger charge is 2.05. The Hall–Kier alpha value is -1.39. The quantitative estimate of drug-likeness (QED) is 0.698. The maximum absolute atomic E-state index is 11.6. The fraction of sp³-hybridized carbons (Fsp3) is 0.154. The molecule has 0 radical (unpaired) electrons. The maximum Gasteiger partial charge on any atom is 0.274 e. The van der Waals surface area contributed by atoms with Crippen molar-refractivity contribution in [2.75, 3.05) is 7.11 Å². The molecule has 4 heteroatoms. The minimum absolute atomic E-state index is 0.237. The van der Waals surface area contributed by atoms with E-state index in [0.29, 0.717) is 5.56 Å². The van der Waals surface area contributed by atoms with E-state index in [4.69, 9.17) is 0 Å². The molecular weight excluding hydrogens is 282 g/mol. The van der Waals surface area contributed by atoms with E-state index < -0.39 is 0 Å². The predicted molar refractivity (Wildman–Crippen MR) is 71.1 cm³/mol. The van der Waals surface area contributed by atoms with Crippen LogP contribution in [0.15, 0.2) is 36.4 Å². The number of amides is 1. The molecule has 2 aromatic carbocycles. The summed E-state index contributed by atoms with van der Waals surface area (Å²) in [6, 6.07) is 11.7. The van der Waals surface area contributed by atoms with Gasteiger partial charge in [-0.3, -0.25) is 9.63 Å². The third-order valence-electron chi connectivity index (χ3n) is 2.52. The average Bonchev–Trinajstić information content (AvgIpc) is 2.37. The number of rotatable bonds is 3. The van der Waals surface area contributed by atoms with Gasteiger partial charge in [0.1, 0.15) is 0 Å². The van der Waals surface area contributed by atoms with Gasteiger partial charge in [-0.2, -0.15) is 0 Å². The smallest absolute Gasteiger partial charge is 0.274 e. The van der Waals surface area contributed by atoms with Gasteiger partial charge in [-0.05, 0) is 28.5 Å². The van der Waals surface area contributed by atoms with Crippen molar-refractivity contribution in [1.82, 2.24) is 5.48 Å². The largest absolute Gasteiger partial charge is 0.277 e. The summed E-state index contributed by atoms with van der Waals surface area (Å²) in [7, 11) is 1.42. The van der Waals surface area contributed by atoms with Crippen LogP contribution in [-0.2, 0) is 10.2 Å². The molecule has 2 rings (SSSR count). The Balaban J connectivity index is 2.41. The van der Waals surface area contributed by atoms with Crippen molar-refractivity contribution in [2.45, 2.75) is 5.33 Å². The summed E-state index contributed by atoms with van der Waals surface area (Å²) >= 11 is 3.42. The predicted octanol–water partition coefficient (Wildman–Crippen LogP) is 3.03. The molecule has 0 heterocycles. The van der Waals surface area contributed by atoms with Crippen molar-refractivity contribution in [3.8, 4) is 0 Å². The van der Waals surface area contributed by atoms with Crippen LogP contribution in [0.2, 0.25) is 0 Å². The highest BCUT2D eigenvalue weighted by molar-refractivity contribution is 9.08. The number of benzene rings is 2. The first-order valence-electron chi connectivity index (χ1n) is 5.16. The second-order valence-electron chi connectivity index (χ2n) is 3.67. The van der Waals surface area contributed by atoms with Gasteiger partial charge >= 0.3 is 0 Å². The fourth-order valence-corrected chi connectivity index (χ4v) is 2.02. The zero-order valence-corrected chi connectivity index (χ0v) is 11.0. The SMILES string of the molecule is CONC(=O)c1ccc2cc(CBr)ccc2c1. The Kier molecular flexibility index (Phi) is 3.76. The molecule has 0 aliphatic carbocycles. The Morgan fingerprint density at radius 2 is 1.94 bits per heavy atom. The van der Waals surface area contributed by atoms with Crippen LogP contribution < -0.4 is 5.48 Å². The lowest BCUT2D eigenvalue weighted by molar-refractivity contribution is 0.0538. The second kappa shape index (κ2) is 5.29. The number of halogens is 1. The molecule has 0 saturated carbocycles. The molecular formula is C13H12BrNO2. The maximum atomic E-state index is 11.6. The minimum atomic E-state index is -0.237. The van der Waals surface area contributed by atoms with Gasteiger partial charge in [0.15, 0.2) is 0 Å². The Morgan fingerprint density at radius 1 is 1.24 bits per heavy atom. The third-order valence-corrected chi connectivity index (χ3v) is 3.16. The first-order chi connectivity index (χ1) is 8.24. The topological polar surface area (TPSA) is 38.3 Å². The van der Waals surface area contributed by atoms with E-state index in [2.05, 4.69) is 32.3 Å². The van der Waals surface area contributed by atoms with Crippen molar-refractivity contribution in [1.29, 1.82) is 0 Å². The monoisotopic (exact) mass is 293 g/mol. The molecule has 3 nitrogen and oxygen atoms in total. The highest BCUT2D eigenvalue weighted by Crippen LogP contribution is 2.19. The number of alkyl halides is 1. The molecule has 0 aromatic heterocycles. The van der Waals surface area contributed by atoms with E-state index in [9.17, 15) is 4.79 Å². The molecule has 1 N–H and O–H groups in total. The van der Waals surface area contributed by atoms with Gasteiger partial charge in [-0.25, -0.2) is 5.48 Å². The zero-order chi connectivity index (χ0) is 12.3. The van der Waals surface area contributed by atoms with Crippen molar-refractivity contribution in [3.05, 3.63) is 47.5 Å². The normalized spacial score (nSPS) is 10.5. The lowest BCUT2D eigenvalue weighted by atomic mass is 10.0. The lowest BCUT2D eigenvalue weighted by Gasteiger charge is -2.05. The summed E-state index contributed by atoms with van der Waals surface area (Å²) in [6.07, 6.45) is 0. The minimum Gasteiger partial charge on any atom is -0.277 e. The second-order valence-corrected chi connectivity index (χ2v) is 4.23. The number of hydroxylamine groups is 1. The molecule has 0 bridgehead atoms. The standard InChI is InChI=1S/C13H12BrNO2/c1-17-15-13(16)12-5-4-10-6-9(8-14)2-3-11(10)7-12/h2-7H,8H2,1H3,(H,15,16). The Labute approximate surface area is 108 Å². The van der Waals surface area contributed by atoms with Crippen LogP contribution in [0.25, 0.3) is 10.8 Å². The molecule has 0 unspecified atom stereocenters. The first-order valence-corrected chi connectivity index (χ1v) is 6.28.